The molecule has 1 atom stereocenters. The van der Waals surface area contributed by atoms with Crippen LogP contribution in [0.5, 0.6) is 28.7 Å². The van der Waals surface area contributed by atoms with Gasteiger partial charge in [-0.2, -0.15) is 5.26 Å². The Morgan fingerprint density at radius 3 is 2.49 bits per heavy atom. The Hall–Kier alpha value is -4.35. The van der Waals surface area contributed by atoms with E-state index in [1.165, 1.54) is 0 Å². The Morgan fingerprint density at radius 2 is 1.76 bits per heavy atom. The summed E-state index contributed by atoms with van der Waals surface area (Å²) < 4.78 is 28.0. The number of nitrogens with two attached hydrogens (primary N) is 1. The van der Waals surface area contributed by atoms with Gasteiger partial charge in [0.1, 0.15) is 28.9 Å². The van der Waals surface area contributed by atoms with Gasteiger partial charge in [0, 0.05) is 11.6 Å². The van der Waals surface area contributed by atoms with Gasteiger partial charge in [0.25, 0.3) is 0 Å². The van der Waals surface area contributed by atoms with Crippen molar-refractivity contribution in [2.24, 2.45) is 5.73 Å². The van der Waals surface area contributed by atoms with Crippen molar-refractivity contribution in [2.75, 3.05) is 19.8 Å². The van der Waals surface area contributed by atoms with Gasteiger partial charge in [0.2, 0.25) is 5.88 Å². The summed E-state index contributed by atoms with van der Waals surface area (Å²) in [7, 11) is 0. The summed E-state index contributed by atoms with van der Waals surface area (Å²) in [4.78, 5) is 12.4. The first-order valence-corrected chi connectivity index (χ1v) is 12.0. The number of rotatable bonds is 9. The van der Waals surface area contributed by atoms with E-state index >= 15 is 0 Å². The molecule has 0 spiro atoms. The number of allylic oxidation sites excluding steroid dienone is 1. The van der Waals surface area contributed by atoms with E-state index < -0.39 is 11.9 Å². The van der Waals surface area contributed by atoms with Gasteiger partial charge < -0.3 is 29.4 Å². The van der Waals surface area contributed by atoms with Crippen LogP contribution in [-0.2, 0) is 4.79 Å². The molecule has 0 saturated carbocycles. The second kappa shape index (κ2) is 11.6. The van der Waals surface area contributed by atoms with E-state index in [1.807, 2.05) is 26.0 Å². The van der Waals surface area contributed by atoms with E-state index in [9.17, 15) is 10.1 Å². The topological polar surface area (TPSA) is 113 Å². The van der Waals surface area contributed by atoms with Crippen molar-refractivity contribution in [1.82, 2.24) is 0 Å². The molecule has 9 heteroatoms. The zero-order valence-corrected chi connectivity index (χ0v) is 21.1. The summed E-state index contributed by atoms with van der Waals surface area (Å²) in [5.41, 5.74) is 7.84. The maximum atomic E-state index is 12.4. The lowest BCUT2D eigenvalue weighted by molar-refractivity contribution is -0.136. The van der Waals surface area contributed by atoms with Crippen LogP contribution >= 0.6 is 11.6 Å². The maximum Gasteiger partial charge on any atom is 0.349 e. The van der Waals surface area contributed by atoms with Crippen molar-refractivity contribution in [3.05, 3.63) is 88.3 Å². The molecule has 1 aliphatic rings. The SMILES string of the molecule is CCOc1ccc(C2C(C#N)=C(N)Oc3cc(OC(=O)COc4ccccc4Cl)ccc32)cc1OCC. The number of benzene rings is 3. The molecule has 0 fully saturated rings. The van der Waals surface area contributed by atoms with E-state index in [2.05, 4.69) is 6.07 Å². The number of nitriles is 1. The van der Waals surface area contributed by atoms with Crippen LogP contribution in [0.1, 0.15) is 30.9 Å². The van der Waals surface area contributed by atoms with Crippen LogP contribution in [0.2, 0.25) is 5.02 Å². The van der Waals surface area contributed by atoms with E-state index in [1.54, 1.807) is 48.5 Å². The fourth-order valence-corrected chi connectivity index (χ4v) is 4.14. The highest BCUT2D eigenvalue weighted by Crippen LogP contribution is 2.45. The van der Waals surface area contributed by atoms with Crippen molar-refractivity contribution >= 4 is 17.6 Å². The number of ether oxygens (including phenoxy) is 5. The Balaban J connectivity index is 1.59. The quantitative estimate of drug-likeness (QED) is 0.297. The molecule has 37 heavy (non-hydrogen) atoms. The fourth-order valence-electron chi connectivity index (χ4n) is 3.95. The summed E-state index contributed by atoms with van der Waals surface area (Å²) in [5.74, 6) is 0.981. The number of esters is 1. The lowest BCUT2D eigenvalue weighted by Gasteiger charge is -2.27. The highest BCUT2D eigenvalue weighted by molar-refractivity contribution is 6.32. The van der Waals surface area contributed by atoms with Gasteiger partial charge in [-0.3, -0.25) is 0 Å². The largest absolute Gasteiger partial charge is 0.490 e. The van der Waals surface area contributed by atoms with E-state index in [0.29, 0.717) is 46.8 Å². The number of hydrogen-bond acceptors (Lipinski definition) is 8. The zero-order chi connectivity index (χ0) is 26.4. The molecule has 8 nitrogen and oxygen atoms in total. The molecule has 0 radical (unpaired) electrons. The molecule has 0 aromatic heterocycles. The average Bonchev–Trinajstić information content (AvgIpc) is 2.88. The molecule has 4 rings (SSSR count). The van der Waals surface area contributed by atoms with Crippen LogP contribution in [0.25, 0.3) is 0 Å². The Morgan fingerprint density at radius 1 is 1.00 bits per heavy atom. The molecule has 1 heterocycles. The fraction of sp³-hybridized carbons (Fsp3) is 0.214. The second-order valence-corrected chi connectivity index (χ2v) is 8.30. The highest BCUT2D eigenvalue weighted by atomic mass is 35.5. The molecule has 1 aliphatic heterocycles. The van der Waals surface area contributed by atoms with Gasteiger partial charge in [-0.1, -0.05) is 35.9 Å². The summed E-state index contributed by atoms with van der Waals surface area (Å²) >= 11 is 6.05. The Labute approximate surface area is 219 Å². The van der Waals surface area contributed by atoms with Crippen LogP contribution in [0, 0.1) is 11.3 Å². The van der Waals surface area contributed by atoms with Crippen molar-refractivity contribution in [3.63, 3.8) is 0 Å². The monoisotopic (exact) mass is 520 g/mol. The molecule has 190 valence electrons. The molecule has 0 aliphatic carbocycles. The van der Waals surface area contributed by atoms with Gasteiger partial charge in [0.15, 0.2) is 18.1 Å². The number of fused-ring (bicyclic) bond motifs is 1. The first-order chi connectivity index (χ1) is 17.9. The van der Waals surface area contributed by atoms with Crippen molar-refractivity contribution in [2.45, 2.75) is 19.8 Å². The van der Waals surface area contributed by atoms with Crippen LogP contribution in [-0.4, -0.2) is 25.8 Å². The highest BCUT2D eigenvalue weighted by Gasteiger charge is 2.32. The van der Waals surface area contributed by atoms with Crippen LogP contribution in [0.15, 0.2) is 72.1 Å². The van der Waals surface area contributed by atoms with Crippen molar-refractivity contribution in [1.29, 1.82) is 5.26 Å². The van der Waals surface area contributed by atoms with Gasteiger partial charge >= 0.3 is 5.97 Å². The van der Waals surface area contributed by atoms with Crippen molar-refractivity contribution in [3.8, 4) is 34.8 Å². The molecular formula is C28H25ClN2O6. The number of para-hydroxylation sites is 1. The summed E-state index contributed by atoms with van der Waals surface area (Å²) in [6, 6.07) is 19.4. The van der Waals surface area contributed by atoms with Gasteiger partial charge in [-0.05, 0) is 49.7 Å². The smallest absolute Gasteiger partial charge is 0.349 e. The molecule has 1 unspecified atom stereocenters. The minimum Gasteiger partial charge on any atom is -0.490 e. The van der Waals surface area contributed by atoms with Crippen LogP contribution in [0.3, 0.4) is 0 Å². The molecule has 3 aromatic rings. The second-order valence-electron chi connectivity index (χ2n) is 7.89. The molecule has 0 amide bonds. The van der Waals surface area contributed by atoms with Gasteiger partial charge in [-0.15, -0.1) is 0 Å². The normalized spacial score (nSPS) is 14.2. The van der Waals surface area contributed by atoms with Gasteiger partial charge in [-0.25, -0.2) is 4.79 Å². The summed E-state index contributed by atoms with van der Waals surface area (Å²) in [6.07, 6.45) is 0. The summed E-state index contributed by atoms with van der Waals surface area (Å²) in [5, 5.41) is 10.2. The third-order valence-electron chi connectivity index (χ3n) is 5.51. The number of nitrogens with zero attached hydrogens (tertiary/aromatic N) is 1. The molecule has 2 N–H and O–H groups in total. The Bertz CT molecular complexity index is 1380. The lowest BCUT2D eigenvalue weighted by atomic mass is 9.83. The third-order valence-corrected chi connectivity index (χ3v) is 5.82. The maximum absolute atomic E-state index is 12.4. The number of halogens is 1. The van der Waals surface area contributed by atoms with Gasteiger partial charge in [0.05, 0.1) is 24.2 Å². The van der Waals surface area contributed by atoms with E-state index in [0.717, 1.165) is 5.56 Å². The summed E-state index contributed by atoms with van der Waals surface area (Å²) in [6.45, 7) is 4.37. The number of carbonyl (C=O) groups is 1. The zero-order valence-electron chi connectivity index (χ0n) is 20.3. The van der Waals surface area contributed by atoms with Crippen LogP contribution < -0.4 is 29.4 Å². The van der Waals surface area contributed by atoms with Crippen LogP contribution in [0.4, 0.5) is 0 Å². The Kier molecular flexibility index (Phi) is 8.06. The molecule has 0 saturated heterocycles. The average molecular weight is 521 g/mol. The minimum atomic E-state index is -0.624. The van der Waals surface area contributed by atoms with E-state index in [4.69, 9.17) is 41.0 Å². The first-order valence-electron chi connectivity index (χ1n) is 11.6. The lowest BCUT2D eigenvalue weighted by Crippen LogP contribution is -2.22. The third kappa shape index (κ3) is 5.74. The minimum absolute atomic E-state index is 0.0302. The standard InChI is InChI=1S/C28H25ClN2O6/c1-3-33-23-12-9-17(13-25(23)34-4-2)27-19-11-10-18(14-24(19)37-28(31)20(27)15-30)36-26(32)16-35-22-8-6-5-7-21(22)29/h5-14,27H,3-4,16,31H2,1-2H3. The van der Waals surface area contributed by atoms with E-state index in [-0.39, 0.29) is 23.8 Å². The predicted octanol–water partition coefficient (Wildman–Crippen LogP) is 5.34. The predicted molar refractivity (Wildman–Crippen MR) is 137 cm³/mol. The number of hydrogen-bond donors (Lipinski definition) is 1. The number of carbonyl (C=O) groups excluding carboxylic acids is 1. The molecular weight excluding hydrogens is 496 g/mol. The van der Waals surface area contributed by atoms with Crippen molar-refractivity contribution < 1.29 is 28.5 Å². The first kappa shape index (κ1) is 25.7. The molecule has 3 aromatic carbocycles. The molecule has 0 bridgehead atoms.